The minimum absolute atomic E-state index is 0.00323. The Balaban J connectivity index is 0.652. The highest BCUT2D eigenvalue weighted by molar-refractivity contribution is 6.00. The van der Waals surface area contributed by atoms with E-state index in [0.717, 1.165) is 219 Å². The van der Waals surface area contributed by atoms with Gasteiger partial charge in [-0.15, -0.1) is 0 Å². The van der Waals surface area contributed by atoms with Crippen LogP contribution in [0.15, 0.2) is 97.9 Å². The Morgan fingerprint density at radius 2 is 0.968 bits per heavy atom. The SMILES string of the molecule is Cc1cc2c(cc1C#N)c(-c1cnc3c(c1)NC(C)(C)CC3O[C@H]1CC[C@@H](n3cc(-c4cnc5c(c4)NC(C)(C)C=C5O[C@H]4CC[C@H](n5cc(-c6cnc7c(c6)NC(C)(C)CC7)c6cc(C#N)c(C)cc65)CC4)c4cc(C#N)c(C)cc43)CC1)cn2[C@H]1CC[C@@H](O)CC1. The van der Waals surface area contributed by atoms with Crippen molar-refractivity contribution in [1.29, 1.82) is 15.8 Å². The normalized spacial score (nSPS) is 23.6. The lowest BCUT2D eigenvalue weighted by Gasteiger charge is -2.40. The van der Waals surface area contributed by atoms with Gasteiger partial charge in [0, 0.05) is 139 Å². The highest BCUT2D eigenvalue weighted by Crippen LogP contribution is 2.48. The molecule has 93 heavy (non-hydrogen) atoms. The summed E-state index contributed by atoms with van der Waals surface area (Å²) in [5, 5.41) is 55.6. The van der Waals surface area contributed by atoms with Crippen molar-refractivity contribution >= 4 is 55.5 Å². The van der Waals surface area contributed by atoms with Gasteiger partial charge in [0.15, 0.2) is 0 Å². The van der Waals surface area contributed by atoms with E-state index < -0.39 is 5.54 Å². The Hall–Kier alpha value is -8.94. The van der Waals surface area contributed by atoms with Crippen molar-refractivity contribution in [1.82, 2.24) is 28.7 Å². The number of hydrogen-bond donors (Lipinski definition) is 4. The van der Waals surface area contributed by atoms with Crippen LogP contribution in [0.5, 0.6) is 0 Å². The van der Waals surface area contributed by atoms with Crippen LogP contribution in [0, 0.1) is 54.8 Å². The van der Waals surface area contributed by atoms with Crippen molar-refractivity contribution in [3.63, 3.8) is 0 Å². The molecular formula is C78H84N12O3. The molecule has 9 aromatic rings. The molecule has 15 heteroatoms. The van der Waals surface area contributed by atoms with Gasteiger partial charge in [-0.1, -0.05) is 0 Å². The summed E-state index contributed by atoms with van der Waals surface area (Å²) in [6.07, 6.45) is 28.2. The topological polar surface area (TPSA) is 200 Å². The van der Waals surface area contributed by atoms with Crippen molar-refractivity contribution in [3.05, 3.63) is 148 Å². The summed E-state index contributed by atoms with van der Waals surface area (Å²) >= 11 is 0. The molecule has 0 radical (unpaired) electrons. The van der Waals surface area contributed by atoms with Crippen molar-refractivity contribution < 1.29 is 14.6 Å². The van der Waals surface area contributed by atoms with E-state index in [2.05, 4.69) is 163 Å². The van der Waals surface area contributed by atoms with Crippen molar-refractivity contribution in [2.45, 2.75) is 218 Å². The molecule has 0 bridgehead atoms. The molecule has 15 nitrogen and oxygen atoms in total. The molecular weight excluding hydrogens is 1150 g/mol. The molecule has 3 saturated carbocycles. The Labute approximate surface area is 545 Å². The zero-order valence-corrected chi connectivity index (χ0v) is 55.2. The van der Waals surface area contributed by atoms with Crippen LogP contribution in [0.25, 0.3) is 71.8 Å². The number of aromatic nitrogens is 6. The van der Waals surface area contributed by atoms with E-state index in [1.54, 1.807) is 0 Å². The third-order valence-corrected chi connectivity index (χ3v) is 21.5. The molecule has 15 rings (SSSR count). The number of anilines is 3. The molecule has 6 aromatic heterocycles. The Bertz CT molecular complexity index is 4660. The lowest BCUT2D eigenvalue weighted by Crippen LogP contribution is -2.39. The summed E-state index contributed by atoms with van der Waals surface area (Å²) in [4.78, 5) is 15.4. The second-order valence-corrected chi connectivity index (χ2v) is 29.9. The number of benzene rings is 3. The van der Waals surface area contributed by atoms with E-state index in [1.165, 1.54) is 0 Å². The van der Waals surface area contributed by atoms with Gasteiger partial charge in [-0.3, -0.25) is 15.0 Å². The first-order chi connectivity index (χ1) is 44.7. The maximum atomic E-state index is 10.4. The summed E-state index contributed by atoms with van der Waals surface area (Å²) in [6.45, 7) is 19.4. The van der Waals surface area contributed by atoms with Gasteiger partial charge in [-0.05, 0) is 230 Å². The van der Waals surface area contributed by atoms with Gasteiger partial charge in [0.25, 0.3) is 0 Å². The first-order valence-electron chi connectivity index (χ1n) is 33.9. The van der Waals surface area contributed by atoms with Crippen LogP contribution in [-0.4, -0.2) is 68.7 Å². The zero-order valence-electron chi connectivity index (χ0n) is 55.2. The average molecular weight is 1240 g/mol. The molecule has 4 N–H and O–H groups in total. The minimum atomic E-state index is -0.408. The molecule has 3 fully saturated rings. The lowest BCUT2D eigenvalue weighted by molar-refractivity contribution is -0.0501. The van der Waals surface area contributed by atoms with E-state index in [-0.39, 0.29) is 53.6 Å². The first-order valence-corrected chi connectivity index (χ1v) is 33.9. The smallest absolute Gasteiger partial charge is 0.145 e. The Morgan fingerprint density at radius 1 is 0.516 bits per heavy atom. The van der Waals surface area contributed by atoms with Crippen molar-refractivity contribution in [2.75, 3.05) is 16.0 Å². The van der Waals surface area contributed by atoms with Crippen LogP contribution < -0.4 is 16.0 Å². The standard InChI is InChI=1S/C78H84N12O3/c1-44-24-69-60(28-48(44)36-80)63(42-88(69)53-10-16-56(91)17-11-53)51-31-67-74(83-39-51)72(33-77(6,7)86-67)93-58-20-14-55(15-21-58)90-43-64(61-29-49(37-81)46(3)26-71(61)90)52-32-68-75(84-40-52)73(34-78(8,9)87-68)92-57-18-12-54(13-19-57)89-41-62(59-27-47(35-79)45(2)25-70(59)89)50-30-66-65(82-38-50)22-23-76(4,5)85-66/h24-32,34,38-43,53-58,72,85-87,91H,10-23,33H2,1-9H3/t53-,54-,55-,56+,57-,58+,72?. The highest BCUT2D eigenvalue weighted by atomic mass is 16.5. The maximum Gasteiger partial charge on any atom is 0.145 e. The van der Waals surface area contributed by atoms with Gasteiger partial charge in [0.2, 0.25) is 0 Å². The van der Waals surface area contributed by atoms with Gasteiger partial charge in [-0.25, -0.2) is 0 Å². The summed E-state index contributed by atoms with van der Waals surface area (Å²) in [5.41, 5.74) is 19.8. The van der Waals surface area contributed by atoms with Crippen molar-refractivity contribution in [3.8, 4) is 51.6 Å². The van der Waals surface area contributed by atoms with Crippen LogP contribution in [0.1, 0.15) is 206 Å². The molecule has 0 spiro atoms. The third kappa shape index (κ3) is 11.2. The van der Waals surface area contributed by atoms with Gasteiger partial charge < -0.3 is 44.2 Å². The fourth-order valence-electron chi connectivity index (χ4n) is 16.5. The summed E-state index contributed by atoms with van der Waals surface area (Å²) in [6, 6.07) is 27.5. The summed E-state index contributed by atoms with van der Waals surface area (Å²) in [7, 11) is 0. The number of pyridine rings is 3. The molecule has 6 aliphatic rings. The van der Waals surface area contributed by atoms with Crippen LogP contribution in [-0.2, 0) is 15.9 Å². The Morgan fingerprint density at radius 3 is 1.48 bits per heavy atom. The largest absolute Gasteiger partial charge is 0.488 e. The first kappa shape index (κ1) is 60.3. The van der Waals surface area contributed by atoms with Crippen molar-refractivity contribution in [2.24, 2.45) is 0 Å². The number of hydrogen-bond acceptors (Lipinski definition) is 12. The molecule has 0 saturated heterocycles. The zero-order chi connectivity index (χ0) is 64.4. The number of aryl methyl sites for hydroxylation is 4. The molecule has 3 aliphatic heterocycles. The number of nitriles is 3. The number of aliphatic hydroxyl groups excluding tert-OH is 1. The van der Waals surface area contributed by atoms with Gasteiger partial charge in [0.1, 0.15) is 17.6 Å². The molecule has 474 valence electrons. The van der Waals surface area contributed by atoms with Gasteiger partial charge in [0.05, 0.1) is 87.2 Å². The van der Waals surface area contributed by atoms with E-state index in [1.807, 2.05) is 45.4 Å². The second-order valence-electron chi connectivity index (χ2n) is 29.9. The van der Waals surface area contributed by atoms with Gasteiger partial charge in [-0.2, -0.15) is 15.8 Å². The Kier molecular flexibility index (Phi) is 14.9. The number of ether oxygens (including phenoxy) is 2. The molecule has 3 aliphatic carbocycles. The predicted molar refractivity (Wildman–Crippen MR) is 369 cm³/mol. The van der Waals surface area contributed by atoms with E-state index in [4.69, 9.17) is 24.4 Å². The number of aliphatic hydroxyl groups is 1. The number of rotatable bonds is 10. The monoisotopic (exact) mass is 1240 g/mol. The summed E-state index contributed by atoms with van der Waals surface area (Å²) < 4.78 is 21.6. The van der Waals surface area contributed by atoms with E-state index in [9.17, 15) is 20.9 Å². The summed E-state index contributed by atoms with van der Waals surface area (Å²) in [5.74, 6) is 0.804. The molecule has 0 amide bonds. The molecule has 3 aromatic carbocycles. The lowest BCUT2D eigenvalue weighted by atomic mass is 9.88. The van der Waals surface area contributed by atoms with Crippen LogP contribution in [0.4, 0.5) is 17.1 Å². The van der Waals surface area contributed by atoms with E-state index >= 15 is 0 Å². The fraction of sp³-hybridized carbons (Fsp3) is 0.436. The number of fused-ring (bicyclic) bond motifs is 6. The van der Waals surface area contributed by atoms with Crippen LogP contribution >= 0.6 is 0 Å². The number of nitrogens with one attached hydrogen (secondary N) is 3. The highest BCUT2D eigenvalue weighted by Gasteiger charge is 2.38. The average Bonchev–Trinajstić information content (AvgIpc) is 1.67. The maximum absolute atomic E-state index is 10.4. The van der Waals surface area contributed by atoms with E-state index in [0.29, 0.717) is 16.7 Å². The third-order valence-electron chi connectivity index (χ3n) is 21.5. The quantitative estimate of drug-likeness (QED) is 0.101. The minimum Gasteiger partial charge on any atom is -0.488 e. The fourth-order valence-corrected chi connectivity index (χ4v) is 16.5. The molecule has 1 atom stereocenters. The second kappa shape index (κ2) is 23.0. The molecule has 1 unspecified atom stereocenters. The van der Waals surface area contributed by atoms with Crippen LogP contribution in [0.3, 0.4) is 0 Å². The molecule has 9 heterocycles. The predicted octanol–water partition coefficient (Wildman–Crippen LogP) is 17.5. The van der Waals surface area contributed by atoms with Crippen LogP contribution in [0.2, 0.25) is 0 Å². The number of nitrogens with zero attached hydrogens (tertiary/aromatic N) is 9. The van der Waals surface area contributed by atoms with Gasteiger partial charge >= 0.3 is 0 Å².